The van der Waals surface area contributed by atoms with E-state index in [1.807, 2.05) is 6.07 Å². The molecule has 106 valence electrons. The number of nitrogens with one attached hydrogen (secondary N) is 2. The van der Waals surface area contributed by atoms with Crippen LogP contribution in [0.4, 0.5) is 4.39 Å². The Balaban J connectivity index is 0.00000180. The molecular weight excluding hydrogens is 356 g/mol. The third-order valence-electron chi connectivity index (χ3n) is 3.17. The van der Waals surface area contributed by atoms with E-state index in [2.05, 4.69) is 15.6 Å². The Labute approximate surface area is 131 Å². The molecule has 1 saturated carbocycles. The maximum Gasteiger partial charge on any atom is 0.191 e. The van der Waals surface area contributed by atoms with Crippen LogP contribution in [0.1, 0.15) is 24.8 Å². The molecule has 0 spiro atoms. The number of halogens is 2. The van der Waals surface area contributed by atoms with Crippen LogP contribution >= 0.6 is 24.0 Å². The average molecular weight is 377 g/mol. The van der Waals surface area contributed by atoms with Gasteiger partial charge in [0, 0.05) is 25.7 Å². The predicted octanol–water partition coefficient (Wildman–Crippen LogP) is 2.91. The fourth-order valence-corrected chi connectivity index (χ4v) is 1.84. The molecule has 0 aliphatic heterocycles. The standard InChI is InChI=1S/C14H20FN3.HI/c1-16-14(17-9-8-11-6-7-11)18-10-12-4-2-3-5-13(12)15;/h2-5,11H,6-10H2,1H3,(H2,16,17,18);1H. The zero-order valence-electron chi connectivity index (χ0n) is 11.2. The lowest BCUT2D eigenvalue weighted by molar-refractivity contribution is 0.604. The van der Waals surface area contributed by atoms with E-state index in [1.54, 1.807) is 19.2 Å². The molecule has 0 radical (unpaired) electrons. The average Bonchev–Trinajstić information content (AvgIpc) is 3.19. The Kier molecular flexibility index (Phi) is 7.12. The van der Waals surface area contributed by atoms with Gasteiger partial charge in [0.25, 0.3) is 0 Å². The lowest BCUT2D eigenvalue weighted by atomic mass is 10.2. The van der Waals surface area contributed by atoms with Crippen molar-refractivity contribution in [3.63, 3.8) is 0 Å². The summed E-state index contributed by atoms with van der Waals surface area (Å²) < 4.78 is 13.4. The number of benzene rings is 1. The van der Waals surface area contributed by atoms with Crippen molar-refractivity contribution in [2.24, 2.45) is 10.9 Å². The molecule has 19 heavy (non-hydrogen) atoms. The van der Waals surface area contributed by atoms with Crippen LogP contribution in [0.3, 0.4) is 0 Å². The molecule has 0 atom stereocenters. The van der Waals surface area contributed by atoms with Gasteiger partial charge in [-0.05, 0) is 18.4 Å². The van der Waals surface area contributed by atoms with Crippen LogP contribution in [0.2, 0.25) is 0 Å². The van der Waals surface area contributed by atoms with Crippen LogP contribution in [0.5, 0.6) is 0 Å². The van der Waals surface area contributed by atoms with Gasteiger partial charge in [0.05, 0.1) is 0 Å². The highest BCUT2D eigenvalue weighted by Gasteiger charge is 2.20. The first-order valence-electron chi connectivity index (χ1n) is 6.47. The highest BCUT2D eigenvalue weighted by molar-refractivity contribution is 14.0. The fourth-order valence-electron chi connectivity index (χ4n) is 1.84. The van der Waals surface area contributed by atoms with Gasteiger partial charge in [0.1, 0.15) is 5.82 Å². The van der Waals surface area contributed by atoms with Crippen molar-refractivity contribution in [1.82, 2.24) is 10.6 Å². The Morgan fingerprint density at radius 1 is 1.32 bits per heavy atom. The van der Waals surface area contributed by atoms with Crippen LogP contribution in [0.15, 0.2) is 29.3 Å². The monoisotopic (exact) mass is 377 g/mol. The van der Waals surface area contributed by atoms with Crippen LogP contribution in [-0.2, 0) is 6.54 Å². The number of nitrogens with zero attached hydrogens (tertiary/aromatic N) is 1. The number of rotatable bonds is 5. The molecule has 0 amide bonds. The first-order chi connectivity index (χ1) is 8.79. The summed E-state index contributed by atoms with van der Waals surface area (Å²) in [5.41, 5.74) is 0.655. The summed E-state index contributed by atoms with van der Waals surface area (Å²) in [4.78, 5) is 4.12. The van der Waals surface area contributed by atoms with Gasteiger partial charge >= 0.3 is 0 Å². The normalized spacial score (nSPS) is 14.7. The highest BCUT2D eigenvalue weighted by Crippen LogP contribution is 2.31. The van der Waals surface area contributed by atoms with E-state index in [0.717, 1.165) is 18.4 Å². The zero-order valence-corrected chi connectivity index (χ0v) is 13.5. The van der Waals surface area contributed by atoms with Crippen LogP contribution in [0, 0.1) is 11.7 Å². The van der Waals surface area contributed by atoms with Gasteiger partial charge in [-0.3, -0.25) is 4.99 Å². The molecule has 1 aromatic rings. The minimum Gasteiger partial charge on any atom is -0.356 e. The van der Waals surface area contributed by atoms with Gasteiger partial charge in [-0.15, -0.1) is 24.0 Å². The summed E-state index contributed by atoms with van der Waals surface area (Å²) >= 11 is 0. The van der Waals surface area contributed by atoms with Gasteiger partial charge in [0.15, 0.2) is 5.96 Å². The molecule has 1 fully saturated rings. The van der Waals surface area contributed by atoms with Crippen molar-refractivity contribution < 1.29 is 4.39 Å². The first kappa shape index (κ1) is 16.2. The summed E-state index contributed by atoms with van der Waals surface area (Å²) in [6, 6.07) is 6.78. The molecule has 0 aromatic heterocycles. The second-order valence-corrected chi connectivity index (χ2v) is 4.68. The molecule has 5 heteroatoms. The van der Waals surface area contributed by atoms with Crippen molar-refractivity contribution >= 4 is 29.9 Å². The number of guanidine groups is 1. The molecule has 0 unspecified atom stereocenters. The number of hydrogen-bond acceptors (Lipinski definition) is 1. The maximum absolute atomic E-state index is 13.4. The van der Waals surface area contributed by atoms with E-state index in [1.165, 1.54) is 25.3 Å². The third kappa shape index (κ3) is 5.76. The largest absolute Gasteiger partial charge is 0.356 e. The SMILES string of the molecule is CN=C(NCCC1CC1)NCc1ccccc1F.I. The molecule has 1 aliphatic rings. The summed E-state index contributed by atoms with van der Waals surface area (Å²) in [6.07, 6.45) is 3.92. The fraction of sp³-hybridized carbons (Fsp3) is 0.500. The van der Waals surface area contributed by atoms with Gasteiger partial charge in [-0.1, -0.05) is 31.0 Å². The predicted molar refractivity (Wildman–Crippen MR) is 87.4 cm³/mol. The highest BCUT2D eigenvalue weighted by atomic mass is 127. The Hall–Kier alpha value is -0.850. The summed E-state index contributed by atoms with van der Waals surface area (Å²) in [6.45, 7) is 1.39. The lowest BCUT2D eigenvalue weighted by Crippen LogP contribution is -2.37. The van der Waals surface area contributed by atoms with E-state index in [4.69, 9.17) is 0 Å². The van der Waals surface area contributed by atoms with Crippen molar-refractivity contribution in [2.75, 3.05) is 13.6 Å². The molecule has 0 heterocycles. The third-order valence-corrected chi connectivity index (χ3v) is 3.17. The van der Waals surface area contributed by atoms with Gasteiger partial charge in [0.2, 0.25) is 0 Å². The lowest BCUT2D eigenvalue weighted by Gasteiger charge is -2.12. The smallest absolute Gasteiger partial charge is 0.191 e. The van der Waals surface area contributed by atoms with E-state index >= 15 is 0 Å². The number of hydrogen-bond donors (Lipinski definition) is 2. The second kappa shape index (κ2) is 8.35. The topological polar surface area (TPSA) is 36.4 Å². The molecule has 2 rings (SSSR count). The van der Waals surface area contributed by atoms with Crippen molar-refractivity contribution in [1.29, 1.82) is 0 Å². The summed E-state index contributed by atoms with van der Waals surface area (Å²) in [5, 5.41) is 6.37. The molecule has 0 bridgehead atoms. The molecule has 2 N–H and O–H groups in total. The van der Waals surface area contributed by atoms with Gasteiger partial charge in [-0.25, -0.2) is 4.39 Å². The molecular formula is C14H21FIN3. The minimum atomic E-state index is -0.182. The van der Waals surface area contributed by atoms with Crippen molar-refractivity contribution in [2.45, 2.75) is 25.8 Å². The Bertz CT molecular complexity index is 419. The number of aliphatic imine (C=N–C) groups is 1. The Morgan fingerprint density at radius 2 is 2.05 bits per heavy atom. The Morgan fingerprint density at radius 3 is 2.68 bits per heavy atom. The second-order valence-electron chi connectivity index (χ2n) is 4.68. The maximum atomic E-state index is 13.4. The minimum absolute atomic E-state index is 0. The van der Waals surface area contributed by atoms with Gasteiger partial charge < -0.3 is 10.6 Å². The van der Waals surface area contributed by atoms with E-state index in [0.29, 0.717) is 12.1 Å². The first-order valence-corrected chi connectivity index (χ1v) is 6.47. The summed E-state index contributed by atoms with van der Waals surface area (Å²) in [5.74, 6) is 1.46. The van der Waals surface area contributed by atoms with E-state index in [9.17, 15) is 4.39 Å². The van der Waals surface area contributed by atoms with Crippen LogP contribution < -0.4 is 10.6 Å². The summed E-state index contributed by atoms with van der Waals surface area (Å²) in [7, 11) is 1.73. The van der Waals surface area contributed by atoms with Crippen molar-refractivity contribution in [3.05, 3.63) is 35.6 Å². The molecule has 1 aromatic carbocycles. The van der Waals surface area contributed by atoms with Gasteiger partial charge in [-0.2, -0.15) is 0 Å². The van der Waals surface area contributed by atoms with Crippen LogP contribution in [-0.4, -0.2) is 19.6 Å². The molecule has 0 saturated heterocycles. The van der Waals surface area contributed by atoms with E-state index in [-0.39, 0.29) is 29.8 Å². The molecule has 3 nitrogen and oxygen atoms in total. The quantitative estimate of drug-likeness (QED) is 0.470. The van der Waals surface area contributed by atoms with E-state index < -0.39 is 0 Å². The van der Waals surface area contributed by atoms with Crippen LogP contribution in [0.25, 0.3) is 0 Å². The van der Waals surface area contributed by atoms with Crippen molar-refractivity contribution in [3.8, 4) is 0 Å². The zero-order chi connectivity index (χ0) is 12.8. The molecule has 1 aliphatic carbocycles.